The lowest BCUT2D eigenvalue weighted by atomic mass is 10.4. The minimum absolute atomic E-state index is 0.526. The number of ether oxygens (including phenoxy) is 1. The molecule has 1 N–H and O–H groups in total. The fourth-order valence-electron chi connectivity index (χ4n) is 2.22. The first-order chi connectivity index (χ1) is 9.31. The van der Waals surface area contributed by atoms with E-state index in [4.69, 9.17) is 16.3 Å². The SMILES string of the molecule is Clc1cc(NCCN2CCOCC2)nc(C2CC2)n1. The average molecular weight is 283 g/mol. The first-order valence-electron chi connectivity index (χ1n) is 6.90. The van der Waals surface area contributed by atoms with Crippen LogP contribution >= 0.6 is 11.6 Å². The number of aromatic nitrogens is 2. The maximum atomic E-state index is 6.03. The second-order valence-electron chi connectivity index (χ2n) is 5.09. The molecule has 0 radical (unpaired) electrons. The Morgan fingerprint density at radius 2 is 2.11 bits per heavy atom. The molecule has 5 nitrogen and oxygen atoms in total. The molecule has 3 rings (SSSR count). The molecule has 1 saturated carbocycles. The molecule has 1 saturated heterocycles. The van der Waals surface area contributed by atoms with Crippen LogP contribution in [0.3, 0.4) is 0 Å². The Bertz CT molecular complexity index is 433. The van der Waals surface area contributed by atoms with E-state index < -0.39 is 0 Å². The van der Waals surface area contributed by atoms with Gasteiger partial charge in [0.2, 0.25) is 0 Å². The Kier molecular flexibility index (Phi) is 4.15. The zero-order valence-electron chi connectivity index (χ0n) is 10.9. The van der Waals surface area contributed by atoms with Crippen molar-refractivity contribution >= 4 is 17.4 Å². The van der Waals surface area contributed by atoms with E-state index in [0.29, 0.717) is 11.1 Å². The van der Waals surface area contributed by atoms with Crippen LogP contribution in [0.25, 0.3) is 0 Å². The summed E-state index contributed by atoms with van der Waals surface area (Å²) in [5.41, 5.74) is 0. The van der Waals surface area contributed by atoms with E-state index in [9.17, 15) is 0 Å². The van der Waals surface area contributed by atoms with Gasteiger partial charge in [0.25, 0.3) is 0 Å². The highest BCUT2D eigenvalue weighted by Crippen LogP contribution is 2.38. The Balaban J connectivity index is 1.51. The van der Waals surface area contributed by atoms with Crippen LogP contribution in [0, 0.1) is 0 Å². The van der Waals surface area contributed by atoms with Gasteiger partial charge in [0.15, 0.2) is 0 Å². The standard InChI is InChI=1S/C13H19ClN4O/c14-11-9-12(17-13(16-11)10-1-2-10)15-3-4-18-5-7-19-8-6-18/h9-10H,1-8H2,(H,15,16,17). The van der Waals surface area contributed by atoms with Crippen molar-refractivity contribution in [1.82, 2.24) is 14.9 Å². The fraction of sp³-hybridized carbons (Fsp3) is 0.692. The van der Waals surface area contributed by atoms with E-state index in [1.807, 2.05) is 0 Å². The molecule has 2 heterocycles. The molecule has 1 aliphatic carbocycles. The van der Waals surface area contributed by atoms with Crippen molar-refractivity contribution in [2.75, 3.05) is 44.7 Å². The Hall–Kier alpha value is -0.910. The van der Waals surface area contributed by atoms with Crippen molar-refractivity contribution in [1.29, 1.82) is 0 Å². The van der Waals surface area contributed by atoms with Crippen molar-refractivity contribution in [2.45, 2.75) is 18.8 Å². The van der Waals surface area contributed by atoms with Gasteiger partial charge in [-0.1, -0.05) is 11.6 Å². The minimum atomic E-state index is 0.526. The summed E-state index contributed by atoms with van der Waals surface area (Å²) < 4.78 is 5.33. The zero-order valence-corrected chi connectivity index (χ0v) is 11.7. The van der Waals surface area contributed by atoms with E-state index in [2.05, 4.69) is 20.2 Å². The first-order valence-corrected chi connectivity index (χ1v) is 7.27. The van der Waals surface area contributed by atoms with E-state index in [-0.39, 0.29) is 0 Å². The number of nitrogens with zero attached hydrogens (tertiary/aromatic N) is 3. The average Bonchev–Trinajstić information content (AvgIpc) is 3.24. The minimum Gasteiger partial charge on any atom is -0.379 e. The summed E-state index contributed by atoms with van der Waals surface area (Å²) in [5, 5.41) is 3.87. The molecule has 1 aromatic rings. The van der Waals surface area contributed by atoms with Gasteiger partial charge in [-0.2, -0.15) is 0 Å². The van der Waals surface area contributed by atoms with E-state index in [1.54, 1.807) is 6.07 Å². The third-order valence-electron chi connectivity index (χ3n) is 3.49. The van der Waals surface area contributed by atoms with Crippen LogP contribution in [0.1, 0.15) is 24.6 Å². The maximum Gasteiger partial charge on any atom is 0.135 e. The third-order valence-corrected chi connectivity index (χ3v) is 3.69. The summed E-state index contributed by atoms with van der Waals surface area (Å²) in [6.45, 7) is 5.58. The largest absolute Gasteiger partial charge is 0.379 e. The van der Waals surface area contributed by atoms with Crippen LogP contribution in [-0.2, 0) is 4.74 Å². The molecular weight excluding hydrogens is 264 g/mol. The van der Waals surface area contributed by atoms with Crippen LogP contribution in [0.15, 0.2) is 6.07 Å². The molecule has 1 aromatic heterocycles. The molecule has 6 heteroatoms. The molecule has 0 bridgehead atoms. The van der Waals surface area contributed by atoms with E-state index in [1.165, 1.54) is 12.8 Å². The lowest BCUT2D eigenvalue weighted by Gasteiger charge is -2.26. The van der Waals surface area contributed by atoms with Crippen molar-refractivity contribution in [3.05, 3.63) is 17.0 Å². The summed E-state index contributed by atoms with van der Waals surface area (Å²) >= 11 is 6.03. The Morgan fingerprint density at radius 1 is 1.32 bits per heavy atom. The second-order valence-corrected chi connectivity index (χ2v) is 5.48. The first kappa shape index (κ1) is 13.1. The van der Waals surface area contributed by atoms with Crippen LogP contribution in [-0.4, -0.2) is 54.3 Å². The number of rotatable bonds is 5. The van der Waals surface area contributed by atoms with Gasteiger partial charge < -0.3 is 10.1 Å². The van der Waals surface area contributed by atoms with Crippen LogP contribution in [0.5, 0.6) is 0 Å². The topological polar surface area (TPSA) is 50.3 Å². The molecule has 1 aliphatic heterocycles. The number of halogens is 1. The Labute approximate surface area is 118 Å². The van der Waals surface area contributed by atoms with Crippen molar-refractivity contribution < 1.29 is 4.74 Å². The number of hydrogen-bond acceptors (Lipinski definition) is 5. The highest BCUT2D eigenvalue weighted by Gasteiger charge is 2.27. The second kappa shape index (κ2) is 6.03. The number of nitrogens with one attached hydrogen (secondary N) is 1. The summed E-state index contributed by atoms with van der Waals surface area (Å²) in [7, 11) is 0. The highest BCUT2D eigenvalue weighted by molar-refractivity contribution is 6.29. The van der Waals surface area contributed by atoms with E-state index in [0.717, 1.165) is 51.0 Å². The molecular formula is C13H19ClN4O. The zero-order chi connectivity index (χ0) is 13.1. The predicted octanol–water partition coefficient (Wildman–Crippen LogP) is 1.75. The van der Waals surface area contributed by atoms with Crippen molar-refractivity contribution in [3.63, 3.8) is 0 Å². The molecule has 19 heavy (non-hydrogen) atoms. The fourth-order valence-corrected chi connectivity index (χ4v) is 2.41. The van der Waals surface area contributed by atoms with Crippen molar-refractivity contribution in [2.24, 2.45) is 0 Å². The monoisotopic (exact) mass is 282 g/mol. The quantitative estimate of drug-likeness (QED) is 0.834. The van der Waals surface area contributed by atoms with Gasteiger partial charge in [-0.15, -0.1) is 0 Å². The molecule has 2 aliphatic rings. The molecule has 0 aromatic carbocycles. The molecule has 104 valence electrons. The molecule has 0 atom stereocenters. The summed E-state index contributed by atoms with van der Waals surface area (Å²) in [6, 6.07) is 1.80. The predicted molar refractivity (Wildman–Crippen MR) is 74.8 cm³/mol. The summed E-state index contributed by atoms with van der Waals surface area (Å²) in [6.07, 6.45) is 2.38. The van der Waals surface area contributed by atoms with Gasteiger partial charge >= 0.3 is 0 Å². The highest BCUT2D eigenvalue weighted by atomic mass is 35.5. The molecule has 0 unspecified atom stereocenters. The Morgan fingerprint density at radius 3 is 2.84 bits per heavy atom. The maximum absolute atomic E-state index is 6.03. The van der Waals surface area contributed by atoms with Gasteiger partial charge in [0, 0.05) is 38.2 Å². The molecule has 2 fully saturated rings. The smallest absolute Gasteiger partial charge is 0.135 e. The van der Waals surface area contributed by atoms with Gasteiger partial charge in [-0.3, -0.25) is 4.90 Å². The third kappa shape index (κ3) is 3.78. The van der Waals surface area contributed by atoms with Crippen LogP contribution in [0.4, 0.5) is 5.82 Å². The normalized spacial score (nSPS) is 20.5. The van der Waals surface area contributed by atoms with Gasteiger partial charge in [0.1, 0.15) is 16.8 Å². The van der Waals surface area contributed by atoms with Gasteiger partial charge in [-0.05, 0) is 12.8 Å². The lowest BCUT2D eigenvalue weighted by molar-refractivity contribution is 0.0398. The summed E-state index contributed by atoms with van der Waals surface area (Å²) in [5.74, 6) is 2.26. The van der Waals surface area contributed by atoms with Crippen LogP contribution < -0.4 is 5.32 Å². The lowest BCUT2D eigenvalue weighted by Crippen LogP contribution is -2.39. The number of hydrogen-bond donors (Lipinski definition) is 1. The van der Waals surface area contributed by atoms with Gasteiger partial charge in [-0.25, -0.2) is 9.97 Å². The van der Waals surface area contributed by atoms with Gasteiger partial charge in [0.05, 0.1) is 13.2 Å². The van der Waals surface area contributed by atoms with E-state index >= 15 is 0 Å². The van der Waals surface area contributed by atoms with Crippen LogP contribution in [0.2, 0.25) is 5.15 Å². The van der Waals surface area contributed by atoms with Crippen molar-refractivity contribution in [3.8, 4) is 0 Å². The molecule has 0 spiro atoms. The summed E-state index contributed by atoms with van der Waals surface area (Å²) in [4.78, 5) is 11.2. The molecule has 0 amide bonds. The number of anilines is 1. The number of morpholine rings is 1.